The SMILES string of the molecule is COCC(C)(CN)N(C)Cc1ccccc1Cl. The van der Waals surface area contributed by atoms with Crippen LogP contribution in [0.4, 0.5) is 0 Å². The Morgan fingerprint density at radius 3 is 2.59 bits per heavy atom. The van der Waals surface area contributed by atoms with E-state index in [9.17, 15) is 0 Å². The Labute approximate surface area is 109 Å². The van der Waals surface area contributed by atoms with Gasteiger partial charge in [-0.2, -0.15) is 0 Å². The molecule has 0 aliphatic heterocycles. The molecule has 0 saturated heterocycles. The van der Waals surface area contributed by atoms with Crippen LogP contribution in [0.5, 0.6) is 0 Å². The zero-order valence-corrected chi connectivity index (χ0v) is 11.5. The van der Waals surface area contributed by atoms with Crippen LogP contribution in [0.2, 0.25) is 5.02 Å². The summed E-state index contributed by atoms with van der Waals surface area (Å²) in [5.74, 6) is 0. The first-order chi connectivity index (χ1) is 8.03. The van der Waals surface area contributed by atoms with E-state index in [1.807, 2.05) is 31.3 Å². The summed E-state index contributed by atoms with van der Waals surface area (Å²) in [4.78, 5) is 2.18. The fraction of sp³-hybridized carbons (Fsp3) is 0.538. The topological polar surface area (TPSA) is 38.5 Å². The molecule has 0 aromatic heterocycles. The lowest BCUT2D eigenvalue weighted by Crippen LogP contribution is -2.52. The Kier molecular flexibility index (Phi) is 5.40. The van der Waals surface area contributed by atoms with Gasteiger partial charge in [0.15, 0.2) is 0 Å². The Balaban J connectivity index is 2.77. The molecule has 0 radical (unpaired) electrons. The molecule has 0 bridgehead atoms. The minimum atomic E-state index is -0.173. The zero-order chi connectivity index (χ0) is 12.9. The number of likely N-dealkylation sites (N-methyl/N-ethyl adjacent to an activating group) is 1. The van der Waals surface area contributed by atoms with Gasteiger partial charge in [0.05, 0.1) is 12.1 Å². The summed E-state index contributed by atoms with van der Waals surface area (Å²) in [6.07, 6.45) is 0. The van der Waals surface area contributed by atoms with Crippen molar-refractivity contribution in [1.82, 2.24) is 4.90 Å². The molecule has 17 heavy (non-hydrogen) atoms. The van der Waals surface area contributed by atoms with E-state index in [1.165, 1.54) is 0 Å². The predicted molar refractivity (Wildman–Crippen MR) is 72.3 cm³/mol. The summed E-state index contributed by atoms with van der Waals surface area (Å²) < 4.78 is 5.23. The van der Waals surface area contributed by atoms with Crippen LogP contribution >= 0.6 is 11.6 Å². The van der Waals surface area contributed by atoms with Crippen molar-refractivity contribution >= 4 is 11.6 Å². The van der Waals surface area contributed by atoms with E-state index in [1.54, 1.807) is 7.11 Å². The van der Waals surface area contributed by atoms with E-state index >= 15 is 0 Å². The molecule has 1 rings (SSSR count). The fourth-order valence-electron chi connectivity index (χ4n) is 1.71. The van der Waals surface area contributed by atoms with Crippen LogP contribution in [0.25, 0.3) is 0 Å². The molecule has 0 spiro atoms. The number of nitrogens with two attached hydrogens (primary N) is 1. The summed E-state index contributed by atoms with van der Waals surface area (Å²) in [7, 11) is 3.73. The van der Waals surface area contributed by atoms with Crippen molar-refractivity contribution in [1.29, 1.82) is 0 Å². The lowest BCUT2D eigenvalue weighted by Gasteiger charge is -2.37. The molecular formula is C13H21ClN2O. The van der Waals surface area contributed by atoms with Crippen molar-refractivity contribution < 1.29 is 4.74 Å². The number of rotatable bonds is 6. The van der Waals surface area contributed by atoms with Crippen molar-refractivity contribution in [2.75, 3.05) is 27.3 Å². The predicted octanol–water partition coefficient (Wildman–Crippen LogP) is 2.14. The van der Waals surface area contributed by atoms with E-state index in [0.29, 0.717) is 13.2 Å². The molecule has 0 saturated carbocycles. The third-order valence-corrected chi connectivity index (χ3v) is 3.55. The third-order valence-electron chi connectivity index (χ3n) is 3.18. The van der Waals surface area contributed by atoms with Crippen LogP contribution in [-0.4, -0.2) is 37.7 Å². The first-order valence-corrected chi connectivity index (χ1v) is 6.05. The molecule has 0 aliphatic carbocycles. The monoisotopic (exact) mass is 256 g/mol. The van der Waals surface area contributed by atoms with E-state index in [4.69, 9.17) is 22.1 Å². The summed E-state index contributed by atoms with van der Waals surface area (Å²) in [6.45, 7) is 4.00. The van der Waals surface area contributed by atoms with Crippen molar-refractivity contribution in [3.8, 4) is 0 Å². The first-order valence-electron chi connectivity index (χ1n) is 5.67. The molecule has 1 unspecified atom stereocenters. The highest BCUT2D eigenvalue weighted by atomic mass is 35.5. The van der Waals surface area contributed by atoms with Gasteiger partial charge in [0.2, 0.25) is 0 Å². The van der Waals surface area contributed by atoms with Crippen LogP contribution in [-0.2, 0) is 11.3 Å². The summed E-state index contributed by atoms with van der Waals surface area (Å²) in [5.41, 5.74) is 6.76. The smallest absolute Gasteiger partial charge is 0.0656 e. The Morgan fingerprint density at radius 2 is 2.06 bits per heavy atom. The highest BCUT2D eigenvalue weighted by Gasteiger charge is 2.27. The van der Waals surface area contributed by atoms with Crippen molar-refractivity contribution in [2.45, 2.75) is 19.0 Å². The molecule has 0 aliphatic rings. The minimum absolute atomic E-state index is 0.173. The zero-order valence-electron chi connectivity index (χ0n) is 10.7. The van der Waals surface area contributed by atoms with Gasteiger partial charge in [-0.3, -0.25) is 4.90 Å². The van der Waals surface area contributed by atoms with E-state index in [0.717, 1.165) is 17.1 Å². The number of hydrogen-bond acceptors (Lipinski definition) is 3. The Bertz CT molecular complexity index is 359. The number of ether oxygens (including phenoxy) is 1. The highest BCUT2D eigenvalue weighted by Crippen LogP contribution is 2.21. The number of benzene rings is 1. The molecule has 4 heteroatoms. The summed E-state index contributed by atoms with van der Waals surface area (Å²) in [6, 6.07) is 7.86. The molecule has 0 heterocycles. The fourth-order valence-corrected chi connectivity index (χ4v) is 1.90. The van der Waals surface area contributed by atoms with Gasteiger partial charge in [0, 0.05) is 25.2 Å². The van der Waals surface area contributed by atoms with Crippen LogP contribution < -0.4 is 5.73 Å². The van der Waals surface area contributed by atoms with Crippen molar-refractivity contribution in [3.05, 3.63) is 34.9 Å². The molecule has 0 fully saturated rings. The lowest BCUT2D eigenvalue weighted by molar-refractivity contribution is 0.0391. The van der Waals surface area contributed by atoms with Crippen LogP contribution in [0.15, 0.2) is 24.3 Å². The van der Waals surface area contributed by atoms with Gasteiger partial charge in [-0.1, -0.05) is 29.8 Å². The Morgan fingerprint density at radius 1 is 1.41 bits per heavy atom. The van der Waals surface area contributed by atoms with Gasteiger partial charge >= 0.3 is 0 Å². The van der Waals surface area contributed by atoms with E-state index in [2.05, 4.69) is 11.8 Å². The second-order valence-corrected chi connectivity index (χ2v) is 4.99. The first kappa shape index (κ1) is 14.5. The number of methoxy groups -OCH3 is 1. The van der Waals surface area contributed by atoms with Gasteiger partial charge in [-0.05, 0) is 25.6 Å². The average Bonchev–Trinajstić information content (AvgIpc) is 2.32. The number of hydrogen-bond donors (Lipinski definition) is 1. The standard InChI is InChI=1S/C13H21ClN2O/c1-13(9-15,10-17-3)16(2)8-11-6-4-5-7-12(11)14/h4-7H,8-10,15H2,1-3H3. The maximum absolute atomic E-state index is 6.15. The second kappa shape index (κ2) is 6.36. The molecular weight excluding hydrogens is 236 g/mol. The summed E-state index contributed by atoms with van der Waals surface area (Å²) in [5, 5.41) is 0.788. The Hall–Kier alpha value is -0.610. The molecule has 1 aromatic carbocycles. The minimum Gasteiger partial charge on any atom is -0.383 e. The molecule has 3 nitrogen and oxygen atoms in total. The third kappa shape index (κ3) is 3.68. The molecule has 0 amide bonds. The van der Waals surface area contributed by atoms with Gasteiger partial charge in [-0.25, -0.2) is 0 Å². The molecule has 1 atom stereocenters. The van der Waals surface area contributed by atoms with Gasteiger partial charge in [0.25, 0.3) is 0 Å². The molecule has 96 valence electrons. The van der Waals surface area contributed by atoms with Gasteiger partial charge in [0.1, 0.15) is 0 Å². The highest BCUT2D eigenvalue weighted by molar-refractivity contribution is 6.31. The normalized spacial score (nSPS) is 14.9. The van der Waals surface area contributed by atoms with Gasteiger partial charge in [-0.15, -0.1) is 0 Å². The number of halogens is 1. The molecule has 2 N–H and O–H groups in total. The van der Waals surface area contributed by atoms with E-state index < -0.39 is 0 Å². The van der Waals surface area contributed by atoms with Gasteiger partial charge < -0.3 is 10.5 Å². The van der Waals surface area contributed by atoms with Crippen LogP contribution in [0, 0.1) is 0 Å². The number of nitrogens with zero attached hydrogens (tertiary/aromatic N) is 1. The molecule has 1 aromatic rings. The maximum atomic E-state index is 6.15. The summed E-state index contributed by atoms with van der Waals surface area (Å²) >= 11 is 6.15. The largest absolute Gasteiger partial charge is 0.383 e. The van der Waals surface area contributed by atoms with Crippen molar-refractivity contribution in [2.24, 2.45) is 5.73 Å². The lowest BCUT2D eigenvalue weighted by atomic mass is 10.0. The maximum Gasteiger partial charge on any atom is 0.0656 e. The van der Waals surface area contributed by atoms with Crippen molar-refractivity contribution in [3.63, 3.8) is 0 Å². The quantitative estimate of drug-likeness (QED) is 0.848. The average molecular weight is 257 g/mol. The van der Waals surface area contributed by atoms with Crippen LogP contribution in [0.1, 0.15) is 12.5 Å². The van der Waals surface area contributed by atoms with E-state index in [-0.39, 0.29) is 5.54 Å². The second-order valence-electron chi connectivity index (χ2n) is 4.58. The van der Waals surface area contributed by atoms with Crippen LogP contribution in [0.3, 0.4) is 0 Å².